The largest absolute Gasteiger partial charge is 0.466 e. The van der Waals surface area contributed by atoms with Gasteiger partial charge in [-0.2, -0.15) is 0 Å². The van der Waals surface area contributed by atoms with Gasteiger partial charge in [0.15, 0.2) is 0 Å². The standard InChI is InChI=1S/C24H34N2O4S/c1-5-30-23(27)9-8-19-13-20(10-12-26-31(28,29)18-24(2,3)4)15-22(14-19)16-21-7-6-11-25-17-21/h6-7,11,13-15,17,26H,5,8-10,12,16,18H2,1-4H3. The Labute approximate surface area is 186 Å². The van der Waals surface area contributed by atoms with Crippen LogP contribution in [0.15, 0.2) is 42.7 Å². The Balaban J connectivity index is 2.11. The quantitative estimate of drug-likeness (QED) is 0.532. The number of sulfonamides is 1. The number of nitrogens with one attached hydrogen (secondary N) is 1. The second-order valence-corrected chi connectivity index (χ2v) is 10.8. The van der Waals surface area contributed by atoms with E-state index in [0.717, 1.165) is 28.7 Å². The number of aryl methyl sites for hydroxylation is 1. The molecule has 6 nitrogen and oxygen atoms in total. The van der Waals surface area contributed by atoms with Crippen LogP contribution in [0.1, 0.15) is 56.4 Å². The van der Waals surface area contributed by atoms with Crippen molar-refractivity contribution < 1.29 is 17.9 Å². The molecule has 0 radical (unpaired) electrons. The molecule has 31 heavy (non-hydrogen) atoms. The number of aromatic nitrogens is 1. The number of benzene rings is 1. The van der Waals surface area contributed by atoms with Crippen molar-refractivity contribution in [3.8, 4) is 0 Å². The van der Waals surface area contributed by atoms with Gasteiger partial charge >= 0.3 is 5.97 Å². The Morgan fingerprint density at radius 2 is 1.74 bits per heavy atom. The summed E-state index contributed by atoms with van der Waals surface area (Å²) in [5.74, 6) is -0.122. The second-order valence-electron chi connectivity index (χ2n) is 8.96. The summed E-state index contributed by atoms with van der Waals surface area (Å²) in [6.07, 6.45) is 5.80. The summed E-state index contributed by atoms with van der Waals surface area (Å²) < 4.78 is 32.3. The number of pyridine rings is 1. The number of esters is 1. The van der Waals surface area contributed by atoms with Gasteiger partial charge in [0.1, 0.15) is 0 Å². The molecule has 0 saturated heterocycles. The topological polar surface area (TPSA) is 85.4 Å². The van der Waals surface area contributed by atoms with Crippen LogP contribution in [-0.4, -0.2) is 38.3 Å². The summed E-state index contributed by atoms with van der Waals surface area (Å²) in [6.45, 7) is 8.23. The maximum Gasteiger partial charge on any atom is 0.306 e. The van der Waals surface area contributed by atoms with Gasteiger partial charge in [-0.15, -0.1) is 0 Å². The molecule has 1 heterocycles. The number of ether oxygens (including phenoxy) is 1. The van der Waals surface area contributed by atoms with E-state index in [2.05, 4.69) is 21.8 Å². The first-order chi connectivity index (χ1) is 14.6. The number of carbonyl (C=O) groups is 1. The second kappa shape index (κ2) is 11.4. The van der Waals surface area contributed by atoms with Crippen molar-refractivity contribution in [1.82, 2.24) is 9.71 Å². The van der Waals surface area contributed by atoms with Gasteiger partial charge in [0.25, 0.3) is 0 Å². The van der Waals surface area contributed by atoms with Gasteiger partial charge in [0.05, 0.1) is 12.4 Å². The van der Waals surface area contributed by atoms with E-state index >= 15 is 0 Å². The normalized spacial score (nSPS) is 12.0. The molecule has 0 atom stereocenters. The zero-order chi connectivity index (χ0) is 22.9. The molecule has 170 valence electrons. The average Bonchev–Trinajstić information content (AvgIpc) is 2.65. The molecule has 1 aromatic heterocycles. The van der Waals surface area contributed by atoms with Gasteiger partial charge < -0.3 is 4.74 Å². The van der Waals surface area contributed by atoms with Crippen LogP contribution in [0.2, 0.25) is 0 Å². The lowest BCUT2D eigenvalue weighted by atomic mass is 9.97. The fourth-order valence-corrected chi connectivity index (χ4v) is 5.08. The Kier molecular flexibility index (Phi) is 9.19. The molecule has 0 unspecified atom stereocenters. The lowest BCUT2D eigenvalue weighted by Crippen LogP contribution is -2.33. The number of carbonyl (C=O) groups excluding carboxylic acids is 1. The molecule has 0 amide bonds. The van der Waals surface area contributed by atoms with Gasteiger partial charge in [0, 0.05) is 25.4 Å². The minimum atomic E-state index is -3.33. The molecular formula is C24H34N2O4S. The smallest absolute Gasteiger partial charge is 0.306 e. The van der Waals surface area contributed by atoms with Crippen molar-refractivity contribution in [2.24, 2.45) is 5.41 Å². The molecule has 0 fully saturated rings. The van der Waals surface area contributed by atoms with Gasteiger partial charge in [-0.3, -0.25) is 9.78 Å². The number of hydrogen-bond donors (Lipinski definition) is 1. The highest BCUT2D eigenvalue weighted by Gasteiger charge is 2.21. The molecule has 0 aliphatic carbocycles. The van der Waals surface area contributed by atoms with E-state index in [1.54, 1.807) is 13.1 Å². The Bertz CT molecular complexity index is 951. The molecular weight excluding hydrogens is 412 g/mol. The Morgan fingerprint density at radius 1 is 1.06 bits per heavy atom. The summed E-state index contributed by atoms with van der Waals surface area (Å²) in [5, 5.41) is 0. The summed E-state index contributed by atoms with van der Waals surface area (Å²) in [4.78, 5) is 15.9. The molecule has 2 aromatic rings. The van der Waals surface area contributed by atoms with Crippen molar-refractivity contribution in [1.29, 1.82) is 0 Å². The van der Waals surface area contributed by atoms with Gasteiger partial charge in [-0.1, -0.05) is 45.0 Å². The maximum atomic E-state index is 12.3. The van der Waals surface area contributed by atoms with Crippen molar-refractivity contribution in [3.05, 3.63) is 65.0 Å². The van der Waals surface area contributed by atoms with Crippen LogP contribution in [0.3, 0.4) is 0 Å². The number of hydrogen-bond acceptors (Lipinski definition) is 5. The van der Waals surface area contributed by atoms with E-state index in [-0.39, 0.29) is 17.1 Å². The summed E-state index contributed by atoms with van der Waals surface area (Å²) in [7, 11) is -3.33. The molecule has 1 aromatic carbocycles. The minimum absolute atomic E-state index is 0.0891. The first-order valence-electron chi connectivity index (χ1n) is 10.7. The highest BCUT2D eigenvalue weighted by atomic mass is 32.2. The highest BCUT2D eigenvalue weighted by molar-refractivity contribution is 7.89. The van der Waals surface area contributed by atoms with Crippen LogP contribution in [0, 0.1) is 5.41 Å². The monoisotopic (exact) mass is 446 g/mol. The fraction of sp³-hybridized carbons (Fsp3) is 0.500. The molecule has 7 heteroatoms. The first-order valence-corrected chi connectivity index (χ1v) is 12.3. The number of rotatable bonds is 11. The van der Waals surface area contributed by atoms with E-state index in [9.17, 15) is 13.2 Å². The van der Waals surface area contributed by atoms with E-state index in [1.165, 1.54) is 0 Å². The van der Waals surface area contributed by atoms with Crippen LogP contribution in [0.4, 0.5) is 0 Å². The molecule has 0 aliphatic rings. The fourth-order valence-electron chi connectivity index (χ4n) is 3.42. The van der Waals surface area contributed by atoms with E-state index in [0.29, 0.717) is 32.4 Å². The number of nitrogens with zero attached hydrogens (tertiary/aromatic N) is 1. The average molecular weight is 447 g/mol. The highest BCUT2D eigenvalue weighted by Crippen LogP contribution is 2.18. The SMILES string of the molecule is CCOC(=O)CCc1cc(CCNS(=O)(=O)CC(C)(C)C)cc(Cc2cccnc2)c1. The van der Waals surface area contributed by atoms with Crippen LogP contribution in [-0.2, 0) is 38.8 Å². The third-order valence-corrected chi connectivity index (χ3v) is 6.42. The van der Waals surface area contributed by atoms with Gasteiger partial charge in [0.2, 0.25) is 10.0 Å². The van der Waals surface area contributed by atoms with Crippen molar-refractivity contribution >= 4 is 16.0 Å². The van der Waals surface area contributed by atoms with E-state index < -0.39 is 10.0 Å². The lowest BCUT2D eigenvalue weighted by Gasteiger charge is -2.18. The zero-order valence-corrected chi connectivity index (χ0v) is 19.8. The lowest BCUT2D eigenvalue weighted by molar-refractivity contribution is -0.143. The zero-order valence-electron chi connectivity index (χ0n) is 19.0. The molecule has 0 saturated carbocycles. The van der Waals surface area contributed by atoms with Crippen LogP contribution in [0.25, 0.3) is 0 Å². The molecule has 0 bridgehead atoms. The van der Waals surface area contributed by atoms with Crippen molar-refractivity contribution in [2.75, 3.05) is 18.9 Å². The Morgan fingerprint density at radius 3 is 2.35 bits per heavy atom. The maximum absolute atomic E-state index is 12.3. The molecule has 0 spiro atoms. The van der Waals surface area contributed by atoms with Crippen molar-refractivity contribution in [2.45, 2.75) is 53.4 Å². The van der Waals surface area contributed by atoms with Gasteiger partial charge in [-0.25, -0.2) is 13.1 Å². The predicted molar refractivity (Wildman–Crippen MR) is 123 cm³/mol. The summed E-state index contributed by atoms with van der Waals surface area (Å²) >= 11 is 0. The van der Waals surface area contributed by atoms with Crippen LogP contribution < -0.4 is 4.72 Å². The van der Waals surface area contributed by atoms with Crippen LogP contribution >= 0.6 is 0 Å². The van der Waals surface area contributed by atoms with Gasteiger partial charge in [-0.05, 0) is 59.9 Å². The molecule has 2 rings (SSSR count). The first kappa shape index (κ1) is 25.0. The minimum Gasteiger partial charge on any atom is -0.466 e. The molecule has 1 N–H and O–H groups in total. The van der Waals surface area contributed by atoms with Crippen molar-refractivity contribution in [3.63, 3.8) is 0 Å². The molecule has 0 aliphatic heterocycles. The summed E-state index contributed by atoms with van der Waals surface area (Å²) in [5.41, 5.74) is 4.00. The third kappa shape index (κ3) is 10.1. The predicted octanol–water partition coefficient (Wildman–Crippen LogP) is 3.68. The van der Waals surface area contributed by atoms with E-state index in [1.807, 2.05) is 45.2 Å². The summed E-state index contributed by atoms with van der Waals surface area (Å²) in [6, 6.07) is 10.2. The third-order valence-electron chi connectivity index (χ3n) is 4.53. The van der Waals surface area contributed by atoms with E-state index in [4.69, 9.17) is 4.74 Å². The van der Waals surface area contributed by atoms with Crippen LogP contribution in [0.5, 0.6) is 0 Å². The Hall–Kier alpha value is -2.25.